The number of nitrogens with one attached hydrogen (secondary N) is 1. The van der Waals surface area contributed by atoms with Gasteiger partial charge in [-0.1, -0.05) is 47.5 Å². The summed E-state index contributed by atoms with van der Waals surface area (Å²) in [5.74, 6) is -0.587. The number of benzene rings is 2. The summed E-state index contributed by atoms with van der Waals surface area (Å²) in [4.78, 5) is 12.5. The van der Waals surface area contributed by atoms with E-state index < -0.39 is 22.5 Å². The van der Waals surface area contributed by atoms with Gasteiger partial charge in [-0.2, -0.15) is 10.2 Å². The molecule has 0 unspecified atom stereocenters. The summed E-state index contributed by atoms with van der Waals surface area (Å²) in [5, 5.41) is 8.49. The molecule has 1 amide bonds. The molecule has 3 rings (SSSR count). The Bertz CT molecular complexity index is 1270. The average molecular weight is 474 g/mol. The summed E-state index contributed by atoms with van der Waals surface area (Å²) < 4.78 is 27.3. The summed E-state index contributed by atoms with van der Waals surface area (Å²) in [5.41, 5.74) is 6.69. The maximum Gasteiger partial charge on any atom is 0.260 e. The summed E-state index contributed by atoms with van der Waals surface area (Å²) >= 11 is 6.25. The van der Waals surface area contributed by atoms with Gasteiger partial charge in [0.05, 0.1) is 35.1 Å². The third-order valence-electron chi connectivity index (χ3n) is 4.81. The molecule has 1 heterocycles. The molecule has 0 atom stereocenters. The van der Waals surface area contributed by atoms with Crippen molar-refractivity contribution in [3.8, 4) is 5.69 Å². The van der Waals surface area contributed by atoms with E-state index in [0.717, 1.165) is 33.1 Å². The number of para-hydroxylation sites is 1. The van der Waals surface area contributed by atoms with E-state index >= 15 is 0 Å². The minimum atomic E-state index is -3.68. The molecule has 0 saturated carbocycles. The molecule has 2 aromatic carbocycles. The summed E-state index contributed by atoms with van der Waals surface area (Å²) in [6.07, 6.45) is 2.45. The first-order chi connectivity index (χ1) is 15.1. The third-order valence-corrected chi connectivity index (χ3v) is 6.22. The number of amides is 1. The maximum atomic E-state index is 12.5. The molecule has 32 heavy (non-hydrogen) atoms. The maximum absolute atomic E-state index is 12.5. The Labute approximate surface area is 192 Å². The number of aromatic nitrogens is 2. The van der Waals surface area contributed by atoms with Crippen molar-refractivity contribution in [3.05, 3.63) is 76.1 Å². The highest BCUT2D eigenvalue weighted by atomic mass is 35.5. The van der Waals surface area contributed by atoms with Gasteiger partial charge in [-0.05, 0) is 44.5 Å². The van der Waals surface area contributed by atoms with Gasteiger partial charge in [-0.15, -0.1) is 0 Å². The van der Waals surface area contributed by atoms with Crippen molar-refractivity contribution in [1.29, 1.82) is 0 Å². The van der Waals surface area contributed by atoms with Crippen LogP contribution in [0.15, 0.2) is 53.6 Å². The fourth-order valence-corrected chi connectivity index (χ4v) is 4.42. The van der Waals surface area contributed by atoms with E-state index in [0.29, 0.717) is 11.3 Å². The number of carbonyl (C=O) groups is 1. The SMILES string of the molecule is Cc1ccc(N(CC(=O)N/N=C\c2c(Cl)nn(-c3ccccc3)c2C)S(C)(=O)=O)c(C)c1. The van der Waals surface area contributed by atoms with Crippen LogP contribution in [0.2, 0.25) is 5.15 Å². The van der Waals surface area contributed by atoms with Gasteiger partial charge in [-0.3, -0.25) is 9.10 Å². The number of hydrogen-bond acceptors (Lipinski definition) is 5. The zero-order valence-electron chi connectivity index (χ0n) is 18.2. The molecular weight excluding hydrogens is 450 g/mol. The largest absolute Gasteiger partial charge is 0.271 e. The van der Waals surface area contributed by atoms with Gasteiger partial charge < -0.3 is 0 Å². The van der Waals surface area contributed by atoms with E-state index in [2.05, 4.69) is 15.6 Å². The van der Waals surface area contributed by atoms with Crippen LogP contribution in [-0.2, 0) is 14.8 Å². The number of rotatable bonds is 7. The lowest BCUT2D eigenvalue weighted by atomic mass is 10.1. The van der Waals surface area contributed by atoms with Crippen molar-refractivity contribution in [2.24, 2.45) is 5.10 Å². The molecule has 0 aliphatic heterocycles. The second-order valence-corrected chi connectivity index (χ2v) is 9.65. The average Bonchev–Trinajstić information content (AvgIpc) is 3.01. The van der Waals surface area contributed by atoms with Crippen LogP contribution in [0.3, 0.4) is 0 Å². The summed E-state index contributed by atoms with van der Waals surface area (Å²) in [6.45, 7) is 5.14. The normalized spacial score (nSPS) is 11.7. The predicted octanol–water partition coefficient (Wildman–Crippen LogP) is 3.37. The van der Waals surface area contributed by atoms with Crippen molar-refractivity contribution in [2.45, 2.75) is 20.8 Å². The Morgan fingerprint density at radius 3 is 2.50 bits per heavy atom. The van der Waals surface area contributed by atoms with E-state index in [1.807, 2.05) is 50.2 Å². The second-order valence-electron chi connectivity index (χ2n) is 7.39. The molecule has 0 spiro atoms. The van der Waals surface area contributed by atoms with Crippen LogP contribution in [0.1, 0.15) is 22.4 Å². The molecule has 0 aliphatic rings. The van der Waals surface area contributed by atoms with E-state index in [4.69, 9.17) is 11.6 Å². The van der Waals surface area contributed by atoms with Crippen molar-refractivity contribution in [1.82, 2.24) is 15.2 Å². The minimum Gasteiger partial charge on any atom is -0.271 e. The number of anilines is 1. The number of nitrogens with zero attached hydrogens (tertiary/aromatic N) is 4. The number of halogens is 1. The molecule has 168 valence electrons. The standard InChI is InChI=1S/C22H24ClN5O3S/c1-15-10-11-20(16(2)12-15)27(32(4,30)31)14-21(29)25-24-13-19-17(3)28(26-22(19)23)18-8-6-5-7-9-18/h5-13H,14H2,1-4H3,(H,25,29)/b24-13-. The summed E-state index contributed by atoms with van der Waals surface area (Å²) in [7, 11) is -3.68. The molecule has 1 aromatic heterocycles. The molecule has 1 N–H and O–H groups in total. The first-order valence-corrected chi connectivity index (χ1v) is 12.0. The monoisotopic (exact) mass is 473 g/mol. The van der Waals surface area contributed by atoms with Crippen molar-refractivity contribution in [2.75, 3.05) is 17.1 Å². The summed E-state index contributed by atoms with van der Waals surface area (Å²) in [6, 6.07) is 14.8. The van der Waals surface area contributed by atoms with Gasteiger partial charge in [0.25, 0.3) is 5.91 Å². The predicted molar refractivity (Wildman–Crippen MR) is 127 cm³/mol. The zero-order valence-corrected chi connectivity index (χ0v) is 19.8. The van der Waals surface area contributed by atoms with E-state index in [9.17, 15) is 13.2 Å². The van der Waals surface area contributed by atoms with E-state index in [1.54, 1.807) is 23.7 Å². The van der Waals surface area contributed by atoms with Gasteiger partial charge in [0, 0.05) is 0 Å². The smallest absolute Gasteiger partial charge is 0.260 e. The van der Waals surface area contributed by atoms with E-state index in [1.165, 1.54) is 6.21 Å². The fraction of sp³-hybridized carbons (Fsp3) is 0.227. The number of aryl methyl sites for hydroxylation is 2. The Balaban J connectivity index is 1.76. The number of carbonyl (C=O) groups excluding carboxylic acids is 1. The molecule has 0 bridgehead atoms. The van der Waals surface area contributed by atoms with Crippen LogP contribution in [0.25, 0.3) is 5.69 Å². The molecule has 8 nitrogen and oxygen atoms in total. The van der Waals surface area contributed by atoms with Gasteiger partial charge >= 0.3 is 0 Å². The number of hydrogen-bond donors (Lipinski definition) is 1. The minimum absolute atomic E-state index is 0.234. The van der Waals surface area contributed by atoms with Crippen molar-refractivity contribution < 1.29 is 13.2 Å². The number of hydrazone groups is 1. The van der Waals surface area contributed by atoms with Crippen LogP contribution in [0, 0.1) is 20.8 Å². The molecule has 10 heteroatoms. The Hall–Kier alpha value is -3.17. The highest BCUT2D eigenvalue weighted by Gasteiger charge is 2.22. The van der Waals surface area contributed by atoms with Crippen LogP contribution >= 0.6 is 11.6 Å². The molecule has 0 saturated heterocycles. The van der Waals surface area contributed by atoms with Crippen LogP contribution < -0.4 is 9.73 Å². The fourth-order valence-electron chi connectivity index (χ4n) is 3.25. The van der Waals surface area contributed by atoms with Crippen LogP contribution in [0.4, 0.5) is 5.69 Å². The quantitative estimate of drug-likeness (QED) is 0.420. The Kier molecular flexibility index (Phi) is 7.00. The van der Waals surface area contributed by atoms with Gasteiger partial charge in [0.2, 0.25) is 10.0 Å². The van der Waals surface area contributed by atoms with Crippen LogP contribution in [0.5, 0.6) is 0 Å². The topological polar surface area (TPSA) is 96.7 Å². The molecule has 3 aromatic rings. The lowest BCUT2D eigenvalue weighted by Gasteiger charge is -2.23. The van der Waals surface area contributed by atoms with Gasteiger partial charge in [0.1, 0.15) is 6.54 Å². The van der Waals surface area contributed by atoms with Crippen molar-refractivity contribution >= 4 is 39.4 Å². The molecular formula is C22H24ClN5O3S. The highest BCUT2D eigenvalue weighted by Crippen LogP contribution is 2.23. The Morgan fingerprint density at radius 2 is 1.88 bits per heavy atom. The van der Waals surface area contributed by atoms with E-state index in [-0.39, 0.29) is 5.15 Å². The highest BCUT2D eigenvalue weighted by molar-refractivity contribution is 7.92. The lowest BCUT2D eigenvalue weighted by molar-refractivity contribution is -0.119. The van der Waals surface area contributed by atoms with Crippen molar-refractivity contribution in [3.63, 3.8) is 0 Å². The van der Waals surface area contributed by atoms with Gasteiger partial charge in [0.15, 0.2) is 5.15 Å². The third kappa shape index (κ3) is 5.35. The molecule has 0 fully saturated rings. The van der Waals surface area contributed by atoms with Gasteiger partial charge in [-0.25, -0.2) is 18.5 Å². The first kappa shape index (κ1) is 23.5. The zero-order chi connectivity index (χ0) is 23.5. The Morgan fingerprint density at radius 1 is 1.19 bits per heavy atom. The van der Waals surface area contributed by atoms with Crippen LogP contribution in [-0.4, -0.2) is 43.1 Å². The molecule has 0 aliphatic carbocycles. The molecule has 0 radical (unpaired) electrons. The lowest BCUT2D eigenvalue weighted by Crippen LogP contribution is -2.39. The number of sulfonamides is 1. The first-order valence-electron chi connectivity index (χ1n) is 9.75. The second kappa shape index (κ2) is 9.54.